The first-order chi connectivity index (χ1) is 7.11. The molecule has 2 N–H and O–H groups in total. The van der Waals surface area contributed by atoms with Crippen LogP contribution in [0.25, 0.3) is 5.57 Å². The number of sulfone groups is 1. The molecule has 1 aromatic carbocycles. The highest BCUT2D eigenvalue weighted by molar-refractivity contribution is 7.92. The van der Waals surface area contributed by atoms with Crippen LogP contribution in [0.1, 0.15) is 11.1 Å². The van der Waals surface area contributed by atoms with E-state index >= 15 is 0 Å². The monoisotopic (exact) mass is 223 g/mol. The van der Waals surface area contributed by atoms with Gasteiger partial charge < -0.3 is 5.73 Å². The van der Waals surface area contributed by atoms with Crippen LogP contribution in [0.5, 0.6) is 0 Å². The van der Waals surface area contributed by atoms with Gasteiger partial charge >= 0.3 is 0 Å². The Bertz CT molecular complexity index is 503. The fourth-order valence-corrected chi connectivity index (χ4v) is 3.01. The summed E-state index contributed by atoms with van der Waals surface area (Å²) in [6.07, 6.45) is 1.78. The molecule has 80 valence electrons. The normalized spacial score (nSPS) is 18.9. The van der Waals surface area contributed by atoms with Gasteiger partial charge in [0.25, 0.3) is 0 Å². The topological polar surface area (TPSA) is 60.2 Å². The molecule has 15 heavy (non-hydrogen) atoms. The third-order valence-electron chi connectivity index (χ3n) is 2.49. The van der Waals surface area contributed by atoms with Crippen LogP contribution in [-0.2, 0) is 16.4 Å². The van der Waals surface area contributed by atoms with Crippen molar-refractivity contribution in [3.8, 4) is 0 Å². The molecule has 0 fully saturated rings. The largest absolute Gasteiger partial charge is 0.326 e. The minimum atomic E-state index is -2.89. The van der Waals surface area contributed by atoms with E-state index < -0.39 is 9.84 Å². The predicted octanol–water partition coefficient (Wildman–Crippen LogP) is 0.957. The van der Waals surface area contributed by atoms with E-state index in [1.165, 1.54) is 0 Å². The Kier molecular flexibility index (Phi) is 2.63. The first-order valence-electron chi connectivity index (χ1n) is 4.79. The summed E-state index contributed by atoms with van der Waals surface area (Å²) in [7, 11) is -2.89. The Hall–Kier alpha value is -1.13. The molecule has 0 bridgehead atoms. The van der Waals surface area contributed by atoms with Crippen LogP contribution in [-0.4, -0.2) is 19.9 Å². The Labute approximate surface area is 89.5 Å². The first-order valence-corrected chi connectivity index (χ1v) is 6.62. The van der Waals surface area contributed by atoms with Crippen molar-refractivity contribution in [2.24, 2.45) is 5.73 Å². The summed E-state index contributed by atoms with van der Waals surface area (Å²) in [5.74, 6) is 0.316. The molecule has 0 aromatic heterocycles. The number of nitrogens with two attached hydrogens (primary N) is 1. The van der Waals surface area contributed by atoms with Gasteiger partial charge in [0, 0.05) is 6.54 Å². The lowest BCUT2D eigenvalue weighted by atomic mass is 10.0. The van der Waals surface area contributed by atoms with Gasteiger partial charge in [0.2, 0.25) is 0 Å². The van der Waals surface area contributed by atoms with Crippen LogP contribution >= 0.6 is 0 Å². The second kappa shape index (κ2) is 3.79. The molecule has 1 aliphatic rings. The molecule has 0 atom stereocenters. The molecule has 0 amide bonds. The first kappa shape index (κ1) is 10.4. The predicted molar refractivity (Wildman–Crippen MR) is 61.0 cm³/mol. The lowest BCUT2D eigenvalue weighted by molar-refractivity contribution is 0.603. The van der Waals surface area contributed by atoms with E-state index in [2.05, 4.69) is 0 Å². The van der Waals surface area contributed by atoms with Crippen molar-refractivity contribution in [3.63, 3.8) is 0 Å². The molecule has 1 heterocycles. The van der Waals surface area contributed by atoms with Gasteiger partial charge in [-0.25, -0.2) is 8.42 Å². The zero-order valence-corrected chi connectivity index (χ0v) is 9.13. The smallest absolute Gasteiger partial charge is 0.158 e. The molecule has 0 saturated heterocycles. The quantitative estimate of drug-likeness (QED) is 0.812. The van der Waals surface area contributed by atoms with Crippen molar-refractivity contribution in [2.75, 3.05) is 11.5 Å². The second-order valence-corrected chi connectivity index (χ2v) is 5.80. The average molecular weight is 223 g/mol. The van der Waals surface area contributed by atoms with Crippen LogP contribution in [0.15, 0.2) is 30.3 Å². The van der Waals surface area contributed by atoms with Crippen LogP contribution in [0, 0.1) is 0 Å². The molecule has 0 spiro atoms. The Balaban J connectivity index is 2.32. The average Bonchev–Trinajstić information content (AvgIpc) is 2.59. The third-order valence-corrected chi connectivity index (χ3v) is 3.92. The van der Waals surface area contributed by atoms with Gasteiger partial charge in [-0.1, -0.05) is 30.3 Å². The minimum Gasteiger partial charge on any atom is -0.326 e. The molecule has 0 unspecified atom stereocenters. The molecule has 4 heteroatoms. The van der Waals surface area contributed by atoms with Gasteiger partial charge in [0.1, 0.15) is 0 Å². The van der Waals surface area contributed by atoms with Gasteiger partial charge in [0.05, 0.1) is 11.5 Å². The summed E-state index contributed by atoms with van der Waals surface area (Å²) in [5, 5.41) is 0. The van der Waals surface area contributed by atoms with Gasteiger partial charge in [-0.2, -0.15) is 0 Å². The molecule has 1 aliphatic heterocycles. The minimum absolute atomic E-state index is 0.154. The molecule has 2 rings (SSSR count). The molecule has 0 saturated carbocycles. The maximum absolute atomic E-state index is 11.3. The molecular formula is C11H13NO2S. The van der Waals surface area contributed by atoms with Crippen molar-refractivity contribution in [1.29, 1.82) is 0 Å². The zero-order valence-electron chi connectivity index (χ0n) is 8.31. The maximum Gasteiger partial charge on any atom is 0.158 e. The molecule has 0 radical (unpaired) electrons. The van der Waals surface area contributed by atoms with E-state index in [0.717, 1.165) is 16.7 Å². The highest BCUT2D eigenvalue weighted by atomic mass is 32.2. The van der Waals surface area contributed by atoms with Gasteiger partial charge in [0.15, 0.2) is 9.84 Å². The molecule has 1 aromatic rings. The van der Waals surface area contributed by atoms with Gasteiger partial charge in [-0.05, 0) is 16.7 Å². The summed E-state index contributed by atoms with van der Waals surface area (Å²) in [6.45, 7) is 0.480. The van der Waals surface area contributed by atoms with E-state index in [1.54, 1.807) is 6.08 Å². The zero-order chi connectivity index (χ0) is 10.9. The number of rotatable bonds is 2. The number of hydrogen-bond acceptors (Lipinski definition) is 3. The van der Waals surface area contributed by atoms with Gasteiger partial charge in [-0.3, -0.25) is 0 Å². The molecular weight excluding hydrogens is 210 g/mol. The van der Waals surface area contributed by atoms with Crippen LogP contribution in [0.4, 0.5) is 0 Å². The maximum atomic E-state index is 11.3. The van der Waals surface area contributed by atoms with Crippen LogP contribution < -0.4 is 5.73 Å². The van der Waals surface area contributed by atoms with E-state index in [9.17, 15) is 8.42 Å². The Morgan fingerprint density at radius 2 is 2.13 bits per heavy atom. The summed E-state index contributed by atoms with van der Waals surface area (Å²) in [4.78, 5) is 0. The summed E-state index contributed by atoms with van der Waals surface area (Å²) >= 11 is 0. The Morgan fingerprint density at radius 3 is 2.73 bits per heavy atom. The lowest BCUT2D eigenvalue weighted by Crippen LogP contribution is -2.03. The Morgan fingerprint density at radius 1 is 1.33 bits per heavy atom. The van der Waals surface area contributed by atoms with Crippen LogP contribution in [0.2, 0.25) is 0 Å². The number of hydrogen-bond donors (Lipinski definition) is 1. The summed E-state index contributed by atoms with van der Waals surface area (Å²) in [6, 6.07) is 7.72. The molecule has 3 nitrogen and oxygen atoms in total. The van der Waals surface area contributed by atoms with E-state index in [-0.39, 0.29) is 11.5 Å². The van der Waals surface area contributed by atoms with Crippen molar-refractivity contribution >= 4 is 15.4 Å². The summed E-state index contributed by atoms with van der Waals surface area (Å²) < 4.78 is 22.6. The highest BCUT2D eigenvalue weighted by Crippen LogP contribution is 2.23. The van der Waals surface area contributed by atoms with Crippen molar-refractivity contribution in [2.45, 2.75) is 6.54 Å². The highest BCUT2D eigenvalue weighted by Gasteiger charge is 2.20. The van der Waals surface area contributed by atoms with Crippen molar-refractivity contribution < 1.29 is 8.42 Å². The number of benzene rings is 1. The SMILES string of the molecule is NCc1cccc(C2=CCS(=O)(=O)C2)c1. The fourth-order valence-electron chi connectivity index (χ4n) is 1.68. The fraction of sp³-hybridized carbons (Fsp3) is 0.273. The van der Waals surface area contributed by atoms with Crippen molar-refractivity contribution in [3.05, 3.63) is 41.5 Å². The third kappa shape index (κ3) is 2.27. The van der Waals surface area contributed by atoms with E-state index in [4.69, 9.17) is 5.73 Å². The molecule has 0 aliphatic carbocycles. The second-order valence-electron chi connectivity index (χ2n) is 3.69. The van der Waals surface area contributed by atoms with E-state index in [0.29, 0.717) is 6.54 Å². The lowest BCUT2D eigenvalue weighted by Gasteiger charge is -2.03. The van der Waals surface area contributed by atoms with Crippen molar-refractivity contribution in [1.82, 2.24) is 0 Å². The van der Waals surface area contributed by atoms with Gasteiger partial charge in [-0.15, -0.1) is 0 Å². The standard InChI is InChI=1S/C11H13NO2S/c12-7-9-2-1-3-10(6-9)11-4-5-15(13,14)8-11/h1-4,6H,5,7-8,12H2. The van der Waals surface area contributed by atoms with E-state index in [1.807, 2.05) is 24.3 Å². The summed E-state index contributed by atoms with van der Waals surface area (Å²) in [5.41, 5.74) is 8.42. The van der Waals surface area contributed by atoms with Crippen LogP contribution in [0.3, 0.4) is 0 Å².